The highest BCUT2D eigenvalue weighted by atomic mass is 79.9. The monoisotopic (exact) mass is 585 g/mol. The van der Waals surface area contributed by atoms with Crippen molar-refractivity contribution in [2.75, 3.05) is 19.0 Å². The lowest BCUT2D eigenvalue weighted by molar-refractivity contribution is -0.132. The van der Waals surface area contributed by atoms with Crippen molar-refractivity contribution in [3.63, 3.8) is 0 Å². The SMILES string of the molecule is CN(Cc1ccccc1)C(=O)[C@H](NC(=O)c1ccccc1OCC(=O)Nc1ccc(Br)cc1)c1ccccc1. The van der Waals surface area contributed by atoms with Crippen LogP contribution in [0.1, 0.15) is 27.5 Å². The zero-order valence-corrected chi connectivity index (χ0v) is 22.9. The summed E-state index contributed by atoms with van der Waals surface area (Å²) in [6.07, 6.45) is 0. The van der Waals surface area contributed by atoms with E-state index in [9.17, 15) is 14.4 Å². The van der Waals surface area contributed by atoms with Crippen molar-refractivity contribution in [1.29, 1.82) is 0 Å². The van der Waals surface area contributed by atoms with Gasteiger partial charge in [-0.1, -0.05) is 88.7 Å². The van der Waals surface area contributed by atoms with Crippen LogP contribution in [0.5, 0.6) is 5.75 Å². The Bertz CT molecular complexity index is 1410. The van der Waals surface area contributed by atoms with Gasteiger partial charge in [-0.05, 0) is 47.5 Å². The molecule has 0 heterocycles. The molecule has 0 saturated carbocycles. The average Bonchev–Trinajstić information content (AvgIpc) is 2.96. The number of hydrogen-bond donors (Lipinski definition) is 2. The number of hydrogen-bond acceptors (Lipinski definition) is 4. The third-order valence-corrected chi connectivity index (χ3v) is 6.44. The first-order valence-electron chi connectivity index (χ1n) is 12.3. The van der Waals surface area contributed by atoms with E-state index in [0.29, 0.717) is 17.8 Å². The quantitative estimate of drug-likeness (QED) is 0.254. The number of ether oxygens (including phenoxy) is 1. The fraction of sp³-hybridized carbons (Fsp3) is 0.129. The van der Waals surface area contributed by atoms with Crippen LogP contribution in [0.15, 0.2) is 114 Å². The van der Waals surface area contributed by atoms with Crippen LogP contribution in [-0.4, -0.2) is 36.3 Å². The number of rotatable bonds is 10. The molecule has 1 atom stereocenters. The van der Waals surface area contributed by atoms with Crippen LogP contribution in [0.25, 0.3) is 0 Å². The molecular formula is C31H28BrN3O4. The molecule has 39 heavy (non-hydrogen) atoms. The standard InChI is InChI=1S/C31H28BrN3O4/c1-35(20-22-10-4-2-5-11-22)31(38)29(23-12-6-3-7-13-23)34-30(37)26-14-8-9-15-27(26)39-21-28(36)33-25-18-16-24(32)17-19-25/h2-19,29H,20-21H2,1H3,(H,33,36)(H,34,37)/t29-/m1/s1. The Morgan fingerprint density at radius 1 is 0.821 bits per heavy atom. The van der Waals surface area contributed by atoms with Crippen LogP contribution in [0, 0.1) is 0 Å². The molecule has 0 aliphatic carbocycles. The third kappa shape index (κ3) is 7.78. The molecule has 0 saturated heterocycles. The second-order valence-electron chi connectivity index (χ2n) is 8.84. The predicted molar refractivity (Wildman–Crippen MR) is 154 cm³/mol. The van der Waals surface area contributed by atoms with E-state index in [1.165, 1.54) is 0 Å². The summed E-state index contributed by atoms with van der Waals surface area (Å²) in [7, 11) is 1.71. The molecule has 7 nitrogen and oxygen atoms in total. The fourth-order valence-electron chi connectivity index (χ4n) is 3.95. The lowest BCUT2D eigenvalue weighted by Crippen LogP contribution is -2.41. The Labute approximate surface area is 235 Å². The minimum absolute atomic E-state index is 0.216. The van der Waals surface area contributed by atoms with Crippen LogP contribution in [-0.2, 0) is 16.1 Å². The van der Waals surface area contributed by atoms with Gasteiger partial charge in [-0.25, -0.2) is 0 Å². The molecule has 0 spiro atoms. The van der Waals surface area contributed by atoms with E-state index >= 15 is 0 Å². The largest absolute Gasteiger partial charge is 0.483 e. The van der Waals surface area contributed by atoms with Gasteiger partial charge in [-0.3, -0.25) is 14.4 Å². The topological polar surface area (TPSA) is 87.7 Å². The number of carbonyl (C=O) groups is 3. The van der Waals surface area contributed by atoms with Gasteiger partial charge in [0.05, 0.1) is 5.56 Å². The Balaban J connectivity index is 1.47. The van der Waals surface area contributed by atoms with E-state index in [2.05, 4.69) is 26.6 Å². The maximum atomic E-state index is 13.5. The van der Waals surface area contributed by atoms with Gasteiger partial charge in [-0.15, -0.1) is 0 Å². The molecular weight excluding hydrogens is 558 g/mol. The summed E-state index contributed by atoms with van der Waals surface area (Å²) >= 11 is 3.36. The summed E-state index contributed by atoms with van der Waals surface area (Å²) in [6, 6.07) is 31.6. The van der Waals surface area contributed by atoms with Crippen molar-refractivity contribution < 1.29 is 19.1 Å². The smallest absolute Gasteiger partial charge is 0.262 e. The first-order chi connectivity index (χ1) is 18.9. The summed E-state index contributed by atoms with van der Waals surface area (Å²) < 4.78 is 6.61. The zero-order chi connectivity index (χ0) is 27.6. The van der Waals surface area contributed by atoms with Crippen LogP contribution < -0.4 is 15.4 Å². The number of para-hydroxylation sites is 1. The Morgan fingerprint density at radius 2 is 1.44 bits per heavy atom. The molecule has 4 aromatic carbocycles. The molecule has 2 N–H and O–H groups in total. The normalized spacial score (nSPS) is 11.2. The van der Waals surface area contributed by atoms with Crippen LogP contribution in [0.4, 0.5) is 5.69 Å². The van der Waals surface area contributed by atoms with E-state index in [4.69, 9.17) is 4.74 Å². The third-order valence-electron chi connectivity index (χ3n) is 5.91. The second-order valence-corrected chi connectivity index (χ2v) is 9.75. The van der Waals surface area contributed by atoms with E-state index < -0.39 is 11.9 Å². The minimum Gasteiger partial charge on any atom is -0.483 e. The lowest BCUT2D eigenvalue weighted by Gasteiger charge is -2.25. The number of carbonyl (C=O) groups excluding carboxylic acids is 3. The lowest BCUT2D eigenvalue weighted by atomic mass is 10.0. The van der Waals surface area contributed by atoms with E-state index in [1.54, 1.807) is 60.5 Å². The van der Waals surface area contributed by atoms with Crippen LogP contribution in [0.2, 0.25) is 0 Å². The molecule has 0 radical (unpaired) electrons. The summed E-state index contributed by atoms with van der Waals surface area (Å²) in [5.74, 6) is -0.884. The van der Waals surface area contributed by atoms with Crippen molar-refractivity contribution in [3.05, 3.63) is 130 Å². The zero-order valence-electron chi connectivity index (χ0n) is 21.3. The highest BCUT2D eigenvalue weighted by molar-refractivity contribution is 9.10. The molecule has 0 aromatic heterocycles. The highest BCUT2D eigenvalue weighted by Gasteiger charge is 2.27. The van der Waals surface area contributed by atoms with Gasteiger partial charge >= 0.3 is 0 Å². The number of anilines is 1. The summed E-state index contributed by atoms with van der Waals surface area (Å²) in [5, 5.41) is 5.63. The molecule has 198 valence electrons. The van der Waals surface area contributed by atoms with Crippen molar-refractivity contribution in [3.8, 4) is 5.75 Å². The predicted octanol–water partition coefficient (Wildman–Crippen LogP) is 5.60. The molecule has 0 aliphatic heterocycles. The van der Waals surface area contributed by atoms with E-state index in [-0.39, 0.29) is 29.7 Å². The number of likely N-dealkylation sites (N-methyl/N-ethyl adjacent to an activating group) is 1. The minimum atomic E-state index is -0.916. The number of amides is 3. The highest BCUT2D eigenvalue weighted by Crippen LogP contribution is 2.22. The Morgan fingerprint density at radius 3 is 2.13 bits per heavy atom. The second kappa shape index (κ2) is 13.4. The average molecular weight is 586 g/mol. The molecule has 0 unspecified atom stereocenters. The summed E-state index contributed by atoms with van der Waals surface area (Å²) in [4.78, 5) is 41.0. The first kappa shape index (κ1) is 27.6. The van der Waals surface area contributed by atoms with Crippen LogP contribution >= 0.6 is 15.9 Å². The fourth-order valence-corrected chi connectivity index (χ4v) is 4.22. The molecule has 4 rings (SSSR count). The number of benzene rings is 4. The van der Waals surface area contributed by atoms with Gasteiger partial charge in [0.2, 0.25) is 5.91 Å². The van der Waals surface area contributed by atoms with E-state index in [0.717, 1.165) is 10.0 Å². The maximum Gasteiger partial charge on any atom is 0.262 e. The van der Waals surface area contributed by atoms with Gasteiger partial charge in [0.15, 0.2) is 6.61 Å². The number of nitrogens with zero attached hydrogens (tertiary/aromatic N) is 1. The maximum absolute atomic E-state index is 13.5. The number of halogens is 1. The Kier molecular flexibility index (Phi) is 9.48. The van der Waals surface area contributed by atoms with Crippen molar-refractivity contribution in [2.24, 2.45) is 0 Å². The molecule has 0 bridgehead atoms. The van der Waals surface area contributed by atoms with Gasteiger partial charge in [0.25, 0.3) is 11.8 Å². The Hall–Kier alpha value is -4.43. The van der Waals surface area contributed by atoms with Crippen molar-refractivity contribution >= 4 is 39.3 Å². The van der Waals surface area contributed by atoms with Crippen molar-refractivity contribution in [2.45, 2.75) is 12.6 Å². The summed E-state index contributed by atoms with van der Waals surface area (Å²) in [6.45, 7) is 0.104. The van der Waals surface area contributed by atoms with Gasteiger partial charge in [0, 0.05) is 23.8 Å². The molecule has 0 fully saturated rings. The molecule has 3 amide bonds. The molecule has 4 aromatic rings. The van der Waals surface area contributed by atoms with Gasteiger partial charge in [0.1, 0.15) is 11.8 Å². The van der Waals surface area contributed by atoms with Gasteiger partial charge < -0.3 is 20.3 Å². The van der Waals surface area contributed by atoms with Crippen LogP contribution in [0.3, 0.4) is 0 Å². The summed E-state index contributed by atoms with van der Waals surface area (Å²) in [5.41, 5.74) is 2.48. The first-order valence-corrected chi connectivity index (χ1v) is 13.1. The number of nitrogens with one attached hydrogen (secondary N) is 2. The van der Waals surface area contributed by atoms with Gasteiger partial charge in [-0.2, -0.15) is 0 Å². The molecule has 8 heteroatoms. The van der Waals surface area contributed by atoms with E-state index in [1.807, 2.05) is 60.7 Å². The molecule has 0 aliphatic rings. The van der Waals surface area contributed by atoms with Crippen molar-refractivity contribution in [1.82, 2.24) is 10.2 Å².